The maximum atomic E-state index is 10.2. The van der Waals surface area contributed by atoms with Crippen LogP contribution in [0.3, 0.4) is 0 Å². The van der Waals surface area contributed by atoms with Gasteiger partial charge in [-0.05, 0) is 7.05 Å². The standard InChI is InChI=1S/C9H19N3O2/c1-11-4-6-12(7-5-11)3-2-10-8-9(13)14/h10H,2-8H2,1H3,(H,13,14). The largest absolute Gasteiger partial charge is 0.480 e. The molecule has 0 aliphatic carbocycles. The molecule has 0 aromatic carbocycles. The van der Waals surface area contributed by atoms with Crippen molar-refractivity contribution < 1.29 is 9.90 Å². The highest BCUT2D eigenvalue weighted by Crippen LogP contribution is 1.97. The second-order valence-electron chi connectivity index (χ2n) is 3.72. The summed E-state index contributed by atoms with van der Waals surface area (Å²) in [4.78, 5) is 14.9. The first-order valence-electron chi connectivity index (χ1n) is 5.02. The molecule has 5 nitrogen and oxygen atoms in total. The number of aliphatic carboxylic acids is 1. The fourth-order valence-electron chi connectivity index (χ4n) is 1.50. The number of carbonyl (C=O) groups is 1. The van der Waals surface area contributed by atoms with Crippen LogP contribution in [0, 0.1) is 0 Å². The Bertz CT molecular complexity index is 179. The van der Waals surface area contributed by atoms with Crippen LogP contribution in [0.4, 0.5) is 0 Å². The Balaban J connectivity index is 1.99. The first kappa shape index (κ1) is 11.4. The Morgan fingerprint density at radius 1 is 1.36 bits per heavy atom. The van der Waals surface area contributed by atoms with Gasteiger partial charge >= 0.3 is 5.97 Å². The van der Waals surface area contributed by atoms with E-state index in [0.717, 1.165) is 39.3 Å². The Labute approximate surface area is 84.7 Å². The number of hydrogen-bond acceptors (Lipinski definition) is 4. The number of nitrogens with one attached hydrogen (secondary N) is 1. The van der Waals surface area contributed by atoms with Gasteiger partial charge in [-0.3, -0.25) is 9.69 Å². The van der Waals surface area contributed by atoms with Gasteiger partial charge in [-0.25, -0.2) is 0 Å². The predicted molar refractivity (Wildman–Crippen MR) is 54.4 cm³/mol. The molecule has 2 N–H and O–H groups in total. The SMILES string of the molecule is CN1CCN(CCNCC(=O)O)CC1. The van der Waals surface area contributed by atoms with Crippen molar-refractivity contribution in [2.75, 3.05) is 52.9 Å². The molecule has 14 heavy (non-hydrogen) atoms. The normalized spacial score (nSPS) is 19.8. The molecule has 0 spiro atoms. The molecule has 0 atom stereocenters. The highest BCUT2D eigenvalue weighted by atomic mass is 16.4. The van der Waals surface area contributed by atoms with E-state index in [4.69, 9.17) is 5.11 Å². The van der Waals surface area contributed by atoms with E-state index >= 15 is 0 Å². The first-order valence-corrected chi connectivity index (χ1v) is 5.02. The molecule has 1 heterocycles. The van der Waals surface area contributed by atoms with E-state index in [2.05, 4.69) is 22.2 Å². The third kappa shape index (κ3) is 4.55. The van der Waals surface area contributed by atoms with Crippen molar-refractivity contribution in [3.05, 3.63) is 0 Å². The number of carboxylic acids is 1. The van der Waals surface area contributed by atoms with Crippen LogP contribution in [0.5, 0.6) is 0 Å². The van der Waals surface area contributed by atoms with Crippen molar-refractivity contribution in [3.8, 4) is 0 Å². The zero-order valence-electron chi connectivity index (χ0n) is 8.70. The maximum Gasteiger partial charge on any atom is 0.317 e. The van der Waals surface area contributed by atoms with E-state index in [1.807, 2.05) is 0 Å². The Kier molecular flexibility index (Phi) is 4.86. The van der Waals surface area contributed by atoms with Gasteiger partial charge in [0.15, 0.2) is 0 Å². The molecule has 1 saturated heterocycles. The van der Waals surface area contributed by atoms with E-state index in [1.165, 1.54) is 0 Å². The number of hydrogen-bond donors (Lipinski definition) is 2. The molecule has 1 rings (SSSR count). The van der Waals surface area contributed by atoms with E-state index < -0.39 is 5.97 Å². The van der Waals surface area contributed by atoms with Crippen LogP contribution in [0.2, 0.25) is 0 Å². The Morgan fingerprint density at radius 3 is 2.57 bits per heavy atom. The molecule has 5 heteroatoms. The van der Waals surface area contributed by atoms with E-state index in [0.29, 0.717) is 0 Å². The molecule has 1 fully saturated rings. The summed E-state index contributed by atoms with van der Waals surface area (Å²) in [5, 5.41) is 11.3. The third-order valence-electron chi connectivity index (χ3n) is 2.48. The van der Waals surface area contributed by atoms with Crippen LogP contribution in [-0.4, -0.2) is 73.7 Å². The third-order valence-corrected chi connectivity index (χ3v) is 2.48. The number of rotatable bonds is 5. The van der Waals surface area contributed by atoms with Crippen LogP contribution in [-0.2, 0) is 4.79 Å². The van der Waals surface area contributed by atoms with Gasteiger partial charge in [-0.2, -0.15) is 0 Å². The van der Waals surface area contributed by atoms with Gasteiger partial charge < -0.3 is 15.3 Å². The van der Waals surface area contributed by atoms with Crippen LogP contribution < -0.4 is 5.32 Å². The minimum Gasteiger partial charge on any atom is -0.480 e. The number of piperazine rings is 1. The van der Waals surface area contributed by atoms with Gasteiger partial charge in [0.05, 0.1) is 6.54 Å². The van der Waals surface area contributed by atoms with E-state index in [-0.39, 0.29) is 6.54 Å². The predicted octanol–water partition coefficient (Wildman–Crippen LogP) is -1.09. The first-order chi connectivity index (χ1) is 6.68. The van der Waals surface area contributed by atoms with E-state index in [1.54, 1.807) is 0 Å². The van der Waals surface area contributed by atoms with Gasteiger partial charge in [-0.1, -0.05) is 0 Å². The van der Waals surface area contributed by atoms with Gasteiger partial charge in [0, 0.05) is 39.3 Å². The number of carboxylic acid groups (broad SMARTS) is 1. The average Bonchev–Trinajstić information content (AvgIpc) is 2.15. The smallest absolute Gasteiger partial charge is 0.317 e. The lowest BCUT2D eigenvalue weighted by atomic mass is 10.3. The van der Waals surface area contributed by atoms with Gasteiger partial charge in [0.25, 0.3) is 0 Å². The molecule has 0 amide bonds. The molecule has 1 aliphatic heterocycles. The monoisotopic (exact) mass is 201 g/mol. The Morgan fingerprint density at radius 2 is 2.00 bits per heavy atom. The molecule has 1 aliphatic rings. The molecule has 0 saturated carbocycles. The van der Waals surface area contributed by atoms with Crippen molar-refractivity contribution in [2.24, 2.45) is 0 Å². The van der Waals surface area contributed by atoms with Crippen molar-refractivity contribution in [2.45, 2.75) is 0 Å². The summed E-state index contributed by atoms with van der Waals surface area (Å²) < 4.78 is 0. The molecule has 0 aromatic rings. The van der Waals surface area contributed by atoms with Gasteiger partial charge in [0.2, 0.25) is 0 Å². The fraction of sp³-hybridized carbons (Fsp3) is 0.889. The summed E-state index contributed by atoms with van der Waals surface area (Å²) in [5.41, 5.74) is 0. The number of nitrogens with zero attached hydrogens (tertiary/aromatic N) is 2. The van der Waals surface area contributed by atoms with Crippen LogP contribution >= 0.6 is 0 Å². The topological polar surface area (TPSA) is 55.8 Å². The van der Waals surface area contributed by atoms with Crippen molar-refractivity contribution in [3.63, 3.8) is 0 Å². The van der Waals surface area contributed by atoms with Gasteiger partial charge in [-0.15, -0.1) is 0 Å². The lowest BCUT2D eigenvalue weighted by Gasteiger charge is -2.32. The second-order valence-corrected chi connectivity index (χ2v) is 3.72. The highest BCUT2D eigenvalue weighted by Gasteiger charge is 2.12. The summed E-state index contributed by atoms with van der Waals surface area (Å²) in [5.74, 6) is -0.789. The lowest BCUT2D eigenvalue weighted by molar-refractivity contribution is -0.135. The summed E-state index contributed by atoms with van der Waals surface area (Å²) >= 11 is 0. The Hall–Kier alpha value is -0.650. The minimum absolute atomic E-state index is 0.0632. The zero-order valence-corrected chi connectivity index (χ0v) is 8.70. The maximum absolute atomic E-state index is 10.2. The average molecular weight is 201 g/mol. The molecule has 0 bridgehead atoms. The summed E-state index contributed by atoms with van der Waals surface area (Å²) in [6.07, 6.45) is 0. The minimum atomic E-state index is -0.789. The molecular weight excluding hydrogens is 182 g/mol. The summed E-state index contributed by atoms with van der Waals surface area (Å²) in [6, 6.07) is 0. The molecule has 0 radical (unpaired) electrons. The zero-order chi connectivity index (χ0) is 10.4. The molecule has 82 valence electrons. The second kappa shape index (κ2) is 5.95. The van der Waals surface area contributed by atoms with Crippen LogP contribution in [0.15, 0.2) is 0 Å². The van der Waals surface area contributed by atoms with E-state index in [9.17, 15) is 4.79 Å². The summed E-state index contributed by atoms with van der Waals surface area (Å²) in [7, 11) is 2.13. The van der Waals surface area contributed by atoms with Crippen molar-refractivity contribution in [1.29, 1.82) is 0 Å². The van der Waals surface area contributed by atoms with Crippen molar-refractivity contribution in [1.82, 2.24) is 15.1 Å². The lowest BCUT2D eigenvalue weighted by Crippen LogP contribution is -2.46. The summed E-state index contributed by atoms with van der Waals surface area (Å²) in [6.45, 7) is 6.17. The molecule has 0 aromatic heterocycles. The van der Waals surface area contributed by atoms with Crippen LogP contribution in [0.25, 0.3) is 0 Å². The molecular formula is C9H19N3O2. The fourth-order valence-corrected chi connectivity index (χ4v) is 1.50. The van der Waals surface area contributed by atoms with Crippen molar-refractivity contribution >= 4 is 5.97 Å². The highest BCUT2D eigenvalue weighted by molar-refractivity contribution is 5.68. The molecule has 0 unspecified atom stereocenters. The van der Waals surface area contributed by atoms with Gasteiger partial charge in [0.1, 0.15) is 0 Å². The quantitative estimate of drug-likeness (QED) is 0.553. The van der Waals surface area contributed by atoms with Crippen LogP contribution in [0.1, 0.15) is 0 Å². The number of likely N-dealkylation sites (N-methyl/N-ethyl adjacent to an activating group) is 1.